The molecule has 6 heteroatoms. The lowest BCUT2D eigenvalue weighted by Crippen LogP contribution is -2.32. The van der Waals surface area contributed by atoms with Crippen molar-refractivity contribution < 1.29 is 4.84 Å². The second-order valence-corrected chi connectivity index (χ2v) is 4.29. The molecule has 1 aliphatic rings. The van der Waals surface area contributed by atoms with Crippen molar-refractivity contribution in [3.05, 3.63) is 33.8 Å². The molecule has 0 saturated carbocycles. The van der Waals surface area contributed by atoms with Crippen molar-refractivity contribution in [1.82, 2.24) is 10.8 Å². The SMILES string of the molecule is ClCC1NOC(c2ccc(Cl)c(Cl)c2)N1. The molecule has 1 fully saturated rings. The number of halogens is 3. The maximum atomic E-state index is 5.90. The molecular formula is C9H9Cl3N2O. The molecule has 2 atom stereocenters. The van der Waals surface area contributed by atoms with Crippen LogP contribution in [0.4, 0.5) is 0 Å². The summed E-state index contributed by atoms with van der Waals surface area (Å²) in [5.74, 6) is 0.428. The van der Waals surface area contributed by atoms with Crippen LogP contribution in [0.1, 0.15) is 11.8 Å². The van der Waals surface area contributed by atoms with Gasteiger partial charge in [-0.1, -0.05) is 29.3 Å². The van der Waals surface area contributed by atoms with Crippen LogP contribution in [0.3, 0.4) is 0 Å². The second-order valence-electron chi connectivity index (χ2n) is 3.16. The highest BCUT2D eigenvalue weighted by Crippen LogP contribution is 2.27. The van der Waals surface area contributed by atoms with Crippen molar-refractivity contribution in [3.63, 3.8) is 0 Å². The molecule has 1 aliphatic heterocycles. The first-order valence-electron chi connectivity index (χ1n) is 4.39. The van der Waals surface area contributed by atoms with Gasteiger partial charge in [0.15, 0.2) is 6.23 Å². The first kappa shape index (κ1) is 11.5. The van der Waals surface area contributed by atoms with E-state index >= 15 is 0 Å². The molecule has 3 nitrogen and oxygen atoms in total. The molecular weight excluding hydrogens is 258 g/mol. The topological polar surface area (TPSA) is 33.3 Å². The van der Waals surface area contributed by atoms with Crippen molar-refractivity contribution in [2.75, 3.05) is 5.88 Å². The molecule has 0 amide bonds. The number of alkyl halides is 1. The van der Waals surface area contributed by atoms with E-state index in [1.54, 1.807) is 12.1 Å². The van der Waals surface area contributed by atoms with Gasteiger partial charge in [-0.3, -0.25) is 10.2 Å². The van der Waals surface area contributed by atoms with E-state index in [0.717, 1.165) is 5.56 Å². The zero-order valence-electron chi connectivity index (χ0n) is 7.64. The van der Waals surface area contributed by atoms with E-state index in [9.17, 15) is 0 Å². The zero-order chi connectivity index (χ0) is 10.8. The van der Waals surface area contributed by atoms with Gasteiger partial charge in [-0.2, -0.15) is 5.48 Å². The van der Waals surface area contributed by atoms with Gasteiger partial charge in [-0.15, -0.1) is 11.6 Å². The largest absolute Gasteiger partial charge is 0.276 e. The van der Waals surface area contributed by atoms with Crippen LogP contribution in [-0.2, 0) is 4.84 Å². The highest BCUT2D eigenvalue weighted by Gasteiger charge is 2.24. The molecule has 2 rings (SSSR count). The maximum absolute atomic E-state index is 5.90. The van der Waals surface area contributed by atoms with Crippen LogP contribution in [0.25, 0.3) is 0 Å². The van der Waals surface area contributed by atoms with E-state index in [-0.39, 0.29) is 12.4 Å². The first-order chi connectivity index (χ1) is 7.20. The van der Waals surface area contributed by atoms with E-state index in [2.05, 4.69) is 10.8 Å². The van der Waals surface area contributed by atoms with Crippen LogP contribution >= 0.6 is 34.8 Å². The summed E-state index contributed by atoms with van der Waals surface area (Å²) in [6, 6.07) is 5.35. The highest BCUT2D eigenvalue weighted by molar-refractivity contribution is 6.42. The van der Waals surface area contributed by atoms with Crippen molar-refractivity contribution in [2.45, 2.75) is 12.4 Å². The Balaban J connectivity index is 2.13. The third-order valence-electron chi connectivity index (χ3n) is 2.08. The Morgan fingerprint density at radius 1 is 1.27 bits per heavy atom. The minimum absolute atomic E-state index is 0.0499. The molecule has 0 bridgehead atoms. The molecule has 0 radical (unpaired) electrons. The summed E-state index contributed by atoms with van der Waals surface area (Å²) in [6.07, 6.45) is -0.297. The molecule has 1 heterocycles. The van der Waals surface area contributed by atoms with Gasteiger partial charge in [0.05, 0.1) is 22.1 Å². The Morgan fingerprint density at radius 2 is 2.07 bits per heavy atom. The van der Waals surface area contributed by atoms with Crippen LogP contribution in [0.15, 0.2) is 18.2 Å². The fraction of sp³-hybridized carbons (Fsp3) is 0.333. The molecule has 2 N–H and O–H groups in total. The Morgan fingerprint density at radius 3 is 2.67 bits per heavy atom. The molecule has 1 aromatic rings. The maximum Gasteiger partial charge on any atom is 0.156 e. The number of hydroxylamine groups is 1. The van der Waals surface area contributed by atoms with Crippen molar-refractivity contribution in [2.24, 2.45) is 0 Å². The zero-order valence-corrected chi connectivity index (χ0v) is 9.90. The van der Waals surface area contributed by atoms with E-state index in [1.165, 1.54) is 0 Å². The lowest BCUT2D eigenvalue weighted by Gasteiger charge is -2.10. The average molecular weight is 268 g/mol. The Bertz CT molecular complexity index is 361. The summed E-state index contributed by atoms with van der Waals surface area (Å²) in [5.41, 5.74) is 3.68. The molecule has 0 spiro atoms. The standard InChI is InChI=1S/C9H9Cl3N2O/c10-4-8-13-9(15-14-8)5-1-2-6(11)7(12)3-5/h1-3,8-9,13-14H,4H2. The minimum atomic E-state index is -0.247. The summed E-state index contributed by atoms with van der Waals surface area (Å²) in [6.45, 7) is 0. The summed E-state index contributed by atoms with van der Waals surface area (Å²) < 4.78 is 0. The van der Waals surface area contributed by atoms with Gasteiger partial charge in [0.2, 0.25) is 0 Å². The summed E-state index contributed by atoms with van der Waals surface area (Å²) in [4.78, 5) is 5.29. The second kappa shape index (κ2) is 4.87. The highest BCUT2D eigenvalue weighted by atomic mass is 35.5. The molecule has 1 saturated heterocycles. The fourth-order valence-corrected chi connectivity index (χ4v) is 1.78. The van der Waals surface area contributed by atoms with Crippen LogP contribution in [0, 0.1) is 0 Å². The van der Waals surface area contributed by atoms with Crippen LogP contribution in [0.5, 0.6) is 0 Å². The third kappa shape index (κ3) is 2.56. The van der Waals surface area contributed by atoms with Crippen LogP contribution in [-0.4, -0.2) is 12.0 Å². The van der Waals surface area contributed by atoms with Gasteiger partial charge in [0.1, 0.15) is 0 Å². The van der Waals surface area contributed by atoms with Gasteiger partial charge in [0, 0.05) is 0 Å². The predicted molar refractivity (Wildman–Crippen MR) is 61.1 cm³/mol. The summed E-state index contributed by atoms with van der Waals surface area (Å²) >= 11 is 17.4. The average Bonchev–Trinajstić information content (AvgIpc) is 2.70. The monoisotopic (exact) mass is 266 g/mol. The van der Waals surface area contributed by atoms with Gasteiger partial charge >= 0.3 is 0 Å². The molecule has 0 aliphatic carbocycles. The Labute approximate surface area is 103 Å². The molecule has 0 aromatic heterocycles. The van der Waals surface area contributed by atoms with Crippen molar-refractivity contribution >= 4 is 34.8 Å². The smallest absolute Gasteiger partial charge is 0.156 e. The van der Waals surface area contributed by atoms with E-state index in [1.807, 2.05) is 6.07 Å². The van der Waals surface area contributed by atoms with E-state index in [0.29, 0.717) is 15.9 Å². The molecule has 2 unspecified atom stereocenters. The first-order valence-corrected chi connectivity index (χ1v) is 5.68. The fourth-order valence-electron chi connectivity index (χ4n) is 1.32. The lowest BCUT2D eigenvalue weighted by molar-refractivity contribution is 0.0228. The predicted octanol–water partition coefficient (Wildman–Crippen LogP) is 2.68. The number of nitrogens with one attached hydrogen (secondary N) is 2. The van der Waals surface area contributed by atoms with Gasteiger partial charge in [0.25, 0.3) is 0 Å². The Hall–Kier alpha value is -0.0300. The quantitative estimate of drug-likeness (QED) is 0.808. The summed E-state index contributed by atoms with van der Waals surface area (Å²) in [7, 11) is 0. The van der Waals surface area contributed by atoms with Crippen LogP contribution in [0.2, 0.25) is 10.0 Å². The number of benzene rings is 1. The molecule has 82 valence electrons. The molecule has 15 heavy (non-hydrogen) atoms. The number of rotatable bonds is 2. The normalized spacial score (nSPS) is 25.8. The van der Waals surface area contributed by atoms with Gasteiger partial charge in [-0.05, 0) is 17.7 Å². The summed E-state index contributed by atoms with van der Waals surface area (Å²) in [5, 5.41) is 4.17. The van der Waals surface area contributed by atoms with Gasteiger partial charge < -0.3 is 0 Å². The Kier molecular flexibility index (Phi) is 3.72. The molecule has 1 aromatic carbocycles. The number of hydrogen-bond acceptors (Lipinski definition) is 3. The van der Waals surface area contributed by atoms with Crippen molar-refractivity contribution in [1.29, 1.82) is 0 Å². The lowest BCUT2D eigenvalue weighted by atomic mass is 10.2. The van der Waals surface area contributed by atoms with Crippen molar-refractivity contribution in [3.8, 4) is 0 Å². The van der Waals surface area contributed by atoms with E-state index < -0.39 is 0 Å². The van der Waals surface area contributed by atoms with E-state index in [4.69, 9.17) is 39.6 Å². The number of hydrogen-bond donors (Lipinski definition) is 2. The van der Waals surface area contributed by atoms with Crippen LogP contribution < -0.4 is 10.8 Å². The third-order valence-corrected chi connectivity index (χ3v) is 3.13. The van der Waals surface area contributed by atoms with Gasteiger partial charge in [-0.25, -0.2) is 0 Å². The minimum Gasteiger partial charge on any atom is -0.276 e.